The number of fused-ring (bicyclic) bond motifs is 1. The number of benzene rings is 1. The van der Waals surface area contributed by atoms with E-state index in [-0.39, 0.29) is 0 Å². The second-order valence-electron chi connectivity index (χ2n) is 3.77. The smallest absolute Gasteiger partial charge is 0.0456 e. The highest BCUT2D eigenvalue weighted by Gasteiger charge is 2.09. The Balaban J connectivity index is 2.42. The summed E-state index contributed by atoms with van der Waals surface area (Å²) in [5.41, 5.74) is 8.16. The first-order chi connectivity index (χ1) is 6.83. The number of nitrogens with one attached hydrogen (secondary N) is 1. The normalized spacial score (nSPS) is 13.3. The van der Waals surface area contributed by atoms with E-state index < -0.39 is 0 Å². The summed E-state index contributed by atoms with van der Waals surface area (Å²) >= 11 is 0. The SMILES string of the molecule is C[C@@H](CCN)c1c[nH]c2ccccc12. The number of nitrogens with two attached hydrogens (primary N) is 1. The quantitative estimate of drug-likeness (QED) is 0.763. The summed E-state index contributed by atoms with van der Waals surface area (Å²) in [4.78, 5) is 3.29. The highest BCUT2D eigenvalue weighted by Crippen LogP contribution is 2.26. The van der Waals surface area contributed by atoms with Crippen LogP contribution in [0.3, 0.4) is 0 Å². The lowest BCUT2D eigenvalue weighted by Crippen LogP contribution is -2.03. The van der Waals surface area contributed by atoms with E-state index >= 15 is 0 Å². The van der Waals surface area contributed by atoms with Gasteiger partial charge in [-0.2, -0.15) is 0 Å². The first kappa shape index (κ1) is 9.28. The summed E-state index contributed by atoms with van der Waals surface area (Å²) in [5, 5.41) is 1.33. The predicted molar refractivity (Wildman–Crippen MR) is 60.4 cm³/mol. The standard InChI is InChI=1S/C12H16N2/c1-9(6-7-13)11-8-14-12-5-3-2-4-10(11)12/h2-5,8-9,14H,6-7,13H2,1H3/t9-/m0/s1. The van der Waals surface area contributed by atoms with Crippen LogP contribution < -0.4 is 5.73 Å². The first-order valence-electron chi connectivity index (χ1n) is 5.09. The summed E-state index contributed by atoms with van der Waals surface area (Å²) < 4.78 is 0. The van der Waals surface area contributed by atoms with Crippen molar-refractivity contribution in [3.05, 3.63) is 36.0 Å². The molecule has 0 aliphatic carbocycles. The minimum absolute atomic E-state index is 0.538. The third kappa shape index (κ3) is 1.53. The van der Waals surface area contributed by atoms with E-state index in [0.29, 0.717) is 5.92 Å². The van der Waals surface area contributed by atoms with Crippen molar-refractivity contribution in [1.82, 2.24) is 4.98 Å². The molecule has 2 aromatic rings. The minimum atomic E-state index is 0.538. The Kier molecular flexibility index (Phi) is 2.55. The molecule has 0 radical (unpaired) electrons. The zero-order chi connectivity index (χ0) is 9.97. The molecule has 1 atom stereocenters. The molecule has 0 bridgehead atoms. The fraction of sp³-hybridized carbons (Fsp3) is 0.333. The molecule has 2 nitrogen and oxygen atoms in total. The Morgan fingerprint density at radius 1 is 1.36 bits per heavy atom. The van der Waals surface area contributed by atoms with E-state index in [0.717, 1.165) is 13.0 Å². The molecule has 0 aliphatic heterocycles. The van der Waals surface area contributed by atoms with Crippen molar-refractivity contribution < 1.29 is 0 Å². The summed E-state index contributed by atoms with van der Waals surface area (Å²) in [6, 6.07) is 8.40. The van der Waals surface area contributed by atoms with Gasteiger partial charge in [-0.3, -0.25) is 0 Å². The fourth-order valence-corrected chi connectivity index (χ4v) is 1.91. The highest BCUT2D eigenvalue weighted by molar-refractivity contribution is 5.83. The van der Waals surface area contributed by atoms with Crippen molar-refractivity contribution in [1.29, 1.82) is 0 Å². The zero-order valence-electron chi connectivity index (χ0n) is 8.46. The lowest BCUT2D eigenvalue weighted by Gasteiger charge is -2.08. The molecule has 1 aromatic heterocycles. The van der Waals surface area contributed by atoms with Gasteiger partial charge in [-0.25, -0.2) is 0 Å². The van der Waals surface area contributed by atoms with Crippen molar-refractivity contribution in [3.63, 3.8) is 0 Å². The Morgan fingerprint density at radius 3 is 2.93 bits per heavy atom. The number of para-hydroxylation sites is 1. The van der Waals surface area contributed by atoms with Crippen molar-refractivity contribution >= 4 is 10.9 Å². The zero-order valence-corrected chi connectivity index (χ0v) is 8.46. The molecule has 14 heavy (non-hydrogen) atoms. The fourth-order valence-electron chi connectivity index (χ4n) is 1.91. The number of aromatic amines is 1. The molecule has 2 heteroatoms. The summed E-state index contributed by atoms with van der Waals surface area (Å²) in [6.45, 7) is 2.98. The van der Waals surface area contributed by atoms with Gasteiger partial charge in [0.25, 0.3) is 0 Å². The van der Waals surface area contributed by atoms with Gasteiger partial charge < -0.3 is 10.7 Å². The molecule has 0 unspecified atom stereocenters. The van der Waals surface area contributed by atoms with Crippen LogP contribution in [0.4, 0.5) is 0 Å². The number of aromatic nitrogens is 1. The van der Waals surface area contributed by atoms with E-state index in [4.69, 9.17) is 5.73 Å². The van der Waals surface area contributed by atoms with Crippen molar-refractivity contribution in [2.24, 2.45) is 5.73 Å². The molecule has 1 heterocycles. The van der Waals surface area contributed by atoms with E-state index in [9.17, 15) is 0 Å². The van der Waals surface area contributed by atoms with E-state index in [1.165, 1.54) is 16.5 Å². The second kappa shape index (κ2) is 3.84. The van der Waals surface area contributed by atoms with Crippen LogP contribution >= 0.6 is 0 Å². The molecule has 0 saturated heterocycles. The molecular weight excluding hydrogens is 172 g/mol. The molecule has 3 N–H and O–H groups in total. The molecule has 74 valence electrons. The second-order valence-corrected chi connectivity index (χ2v) is 3.77. The van der Waals surface area contributed by atoms with Gasteiger partial charge >= 0.3 is 0 Å². The van der Waals surface area contributed by atoms with Crippen LogP contribution in [-0.4, -0.2) is 11.5 Å². The van der Waals surface area contributed by atoms with E-state index in [1.807, 2.05) is 0 Å². The Hall–Kier alpha value is -1.28. The van der Waals surface area contributed by atoms with Crippen LogP contribution in [0.2, 0.25) is 0 Å². The van der Waals surface area contributed by atoms with Gasteiger partial charge in [0.15, 0.2) is 0 Å². The average Bonchev–Trinajstić information content (AvgIpc) is 2.61. The van der Waals surface area contributed by atoms with Gasteiger partial charge in [-0.1, -0.05) is 25.1 Å². The maximum Gasteiger partial charge on any atom is 0.0456 e. The van der Waals surface area contributed by atoms with Crippen LogP contribution in [0.1, 0.15) is 24.8 Å². The minimum Gasteiger partial charge on any atom is -0.361 e. The number of rotatable bonds is 3. The Morgan fingerprint density at radius 2 is 2.14 bits per heavy atom. The van der Waals surface area contributed by atoms with Crippen LogP contribution in [0.15, 0.2) is 30.5 Å². The van der Waals surface area contributed by atoms with Crippen LogP contribution in [0, 0.1) is 0 Å². The average molecular weight is 188 g/mol. The molecule has 0 fully saturated rings. The van der Waals surface area contributed by atoms with Gasteiger partial charge in [0, 0.05) is 17.1 Å². The molecule has 0 saturated carbocycles. The van der Waals surface area contributed by atoms with Gasteiger partial charge in [-0.05, 0) is 30.5 Å². The summed E-state index contributed by atoms with van der Waals surface area (Å²) in [5.74, 6) is 0.538. The van der Waals surface area contributed by atoms with Crippen LogP contribution in [0.5, 0.6) is 0 Å². The largest absolute Gasteiger partial charge is 0.361 e. The van der Waals surface area contributed by atoms with Gasteiger partial charge in [0.2, 0.25) is 0 Å². The third-order valence-electron chi connectivity index (χ3n) is 2.75. The molecule has 1 aromatic carbocycles. The van der Waals surface area contributed by atoms with Crippen molar-refractivity contribution in [2.75, 3.05) is 6.54 Å². The van der Waals surface area contributed by atoms with Crippen molar-refractivity contribution in [2.45, 2.75) is 19.3 Å². The lowest BCUT2D eigenvalue weighted by atomic mass is 9.97. The van der Waals surface area contributed by atoms with Gasteiger partial charge in [-0.15, -0.1) is 0 Å². The van der Waals surface area contributed by atoms with E-state index in [1.54, 1.807) is 0 Å². The highest BCUT2D eigenvalue weighted by atomic mass is 14.7. The third-order valence-corrected chi connectivity index (χ3v) is 2.75. The predicted octanol–water partition coefficient (Wildman–Crippen LogP) is 2.62. The molecule has 0 aliphatic rings. The maximum absolute atomic E-state index is 5.57. The molecule has 0 spiro atoms. The molecule has 0 amide bonds. The van der Waals surface area contributed by atoms with E-state index in [2.05, 4.69) is 42.4 Å². The lowest BCUT2D eigenvalue weighted by molar-refractivity contribution is 0.695. The van der Waals surface area contributed by atoms with Crippen LogP contribution in [-0.2, 0) is 0 Å². The Labute approximate surface area is 84.1 Å². The number of H-pyrrole nitrogens is 1. The first-order valence-corrected chi connectivity index (χ1v) is 5.09. The monoisotopic (exact) mass is 188 g/mol. The molecule has 2 rings (SSSR count). The summed E-state index contributed by atoms with van der Waals surface area (Å²) in [6.07, 6.45) is 3.15. The van der Waals surface area contributed by atoms with Gasteiger partial charge in [0.05, 0.1) is 0 Å². The molecular formula is C12H16N2. The summed E-state index contributed by atoms with van der Waals surface area (Å²) in [7, 11) is 0. The number of hydrogen-bond acceptors (Lipinski definition) is 1. The van der Waals surface area contributed by atoms with Gasteiger partial charge in [0.1, 0.15) is 0 Å². The van der Waals surface area contributed by atoms with Crippen LogP contribution in [0.25, 0.3) is 10.9 Å². The number of hydrogen-bond donors (Lipinski definition) is 2. The Bertz CT molecular complexity index is 417. The maximum atomic E-state index is 5.57. The topological polar surface area (TPSA) is 41.8 Å². The van der Waals surface area contributed by atoms with Crippen molar-refractivity contribution in [3.8, 4) is 0 Å².